The molecule has 17 heavy (non-hydrogen) atoms. The Morgan fingerprint density at radius 2 is 2.41 bits per heavy atom. The molecule has 94 valence electrons. The van der Waals surface area contributed by atoms with Crippen LogP contribution in [-0.2, 0) is 4.74 Å². The van der Waals surface area contributed by atoms with Gasteiger partial charge in [-0.15, -0.1) is 0 Å². The van der Waals surface area contributed by atoms with Crippen LogP contribution in [0, 0.1) is 0 Å². The minimum Gasteiger partial charge on any atom is -0.377 e. The molecule has 0 radical (unpaired) electrons. The Hall–Kier alpha value is -1.66. The van der Waals surface area contributed by atoms with Crippen molar-refractivity contribution in [3.63, 3.8) is 0 Å². The summed E-state index contributed by atoms with van der Waals surface area (Å²) in [4.78, 5) is 15.7. The standard InChI is InChI=1S/C11H18N4O2/c1-3-17-8(2)6-14-11(16)9-7-13-5-4-10(9)15-12/h4-5,7-8H,3,6,12H2,1-2H3,(H,13,15)(H,14,16). The van der Waals surface area contributed by atoms with E-state index in [1.54, 1.807) is 12.3 Å². The maximum Gasteiger partial charge on any atom is 0.255 e. The molecule has 1 heterocycles. The normalized spacial score (nSPS) is 11.9. The molecule has 1 aromatic rings. The predicted octanol–water partition coefficient (Wildman–Crippen LogP) is 0.522. The van der Waals surface area contributed by atoms with Gasteiger partial charge in [-0.2, -0.15) is 0 Å². The predicted molar refractivity (Wildman–Crippen MR) is 65.5 cm³/mol. The number of carbonyl (C=O) groups excluding carboxylic acids is 1. The Labute approximate surface area is 101 Å². The van der Waals surface area contributed by atoms with Gasteiger partial charge in [0.25, 0.3) is 5.91 Å². The summed E-state index contributed by atoms with van der Waals surface area (Å²) in [7, 11) is 0. The van der Waals surface area contributed by atoms with E-state index in [4.69, 9.17) is 10.6 Å². The van der Waals surface area contributed by atoms with Gasteiger partial charge in [0.05, 0.1) is 17.4 Å². The Morgan fingerprint density at radius 3 is 3.06 bits per heavy atom. The van der Waals surface area contributed by atoms with E-state index in [1.807, 2.05) is 13.8 Å². The van der Waals surface area contributed by atoms with E-state index in [9.17, 15) is 4.79 Å². The van der Waals surface area contributed by atoms with Gasteiger partial charge in [0.1, 0.15) is 0 Å². The smallest absolute Gasteiger partial charge is 0.255 e. The Kier molecular flexibility index (Phi) is 5.38. The van der Waals surface area contributed by atoms with Gasteiger partial charge in [-0.1, -0.05) is 0 Å². The second-order valence-electron chi connectivity index (χ2n) is 3.54. The van der Waals surface area contributed by atoms with Gasteiger partial charge in [0.2, 0.25) is 0 Å². The third-order valence-electron chi connectivity index (χ3n) is 2.22. The fourth-order valence-electron chi connectivity index (χ4n) is 1.38. The lowest BCUT2D eigenvalue weighted by atomic mass is 10.2. The van der Waals surface area contributed by atoms with Gasteiger partial charge in [-0.05, 0) is 19.9 Å². The first-order valence-electron chi connectivity index (χ1n) is 5.49. The summed E-state index contributed by atoms with van der Waals surface area (Å²) in [6, 6.07) is 1.64. The molecule has 1 unspecified atom stereocenters. The van der Waals surface area contributed by atoms with Gasteiger partial charge in [-0.3, -0.25) is 15.6 Å². The number of ether oxygens (including phenoxy) is 1. The topological polar surface area (TPSA) is 89.3 Å². The molecule has 1 rings (SSSR count). The minimum atomic E-state index is -0.224. The number of aromatic nitrogens is 1. The van der Waals surface area contributed by atoms with E-state index in [2.05, 4.69) is 15.7 Å². The molecule has 0 bridgehead atoms. The van der Waals surface area contributed by atoms with E-state index in [0.29, 0.717) is 24.4 Å². The molecule has 0 aliphatic carbocycles. The molecular formula is C11H18N4O2. The third-order valence-corrected chi connectivity index (χ3v) is 2.22. The number of nitrogens with two attached hydrogens (primary N) is 1. The van der Waals surface area contributed by atoms with Gasteiger partial charge in [0, 0.05) is 25.5 Å². The zero-order valence-electron chi connectivity index (χ0n) is 10.1. The van der Waals surface area contributed by atoms with Crippen molar-refractivity contribution in [2.75, 3.05) is 18.6 Å². The summed E-state index contributed by atoms with van der Waals surface area (Å²) in [5.41, 5.74) is 3.42. The van der Waals surface area contributed by atoms with Gasteiger partial charge < -0.3 is 15.5 Å². The first kappa shape index (κ1) is 13.4. The van der Waals surface area contributed by atoms with Crippen LogP contribution in [0.5, 0.6) is 0 Å². The highest BCUT2D eigenvalue weighted by molar-refractivity contribution is 5.99. The zero-order chi connectivity index (χ0) is 12.7. The lowest BCUT2D eigenvalue weighted by Gasteiger charge is -2.13. The molecule has 0 saturated carbocycles. The van der Waals surface area contributed by atoms with Crippen LogP contribution < -0.4 is 16.6 Å². The molecule has 0 saturated heterocycles. The summed E-state index contributed by atoms with van der Waals surface area (Å²) in [5.74, 6) is 5.09. The van der Waals surface area contributed by atoms with Crippen LogP contribution in [0.25, 0.3) is 0 Å². The Morgan fingerprint density at radius 1 is 1.65 bits per heavy atom. The summed E-state index contributed by atoms with van der Waals surface area (Å²) < 4.78 is 5.31. The van der Waals surface area contributed by atoms with Crippen LogP contribution in [0.2, 0.25) is 0 Å². The first-order valence-corrected chi connectivity index (χ1v) is 5.49. The van der Waals surface area contributed by atoms with Crippen molar-refractivity contribution in [3.05, 3.63) is 24.0 Å². The summed E-state index contributed by atoms with van der Waals surface area (Å²) >= 11 is 0. The number of hydrogen-bond acceptors (Lipinski definition) is 5. The summed E-state index contributed by atoms with van der Waals surface area (Å²) in [6.45, 7) is 4.89. The molecule has 1 amide bonds. The second kappa shape index (κ2) is 6.82. The third kappa shape index (κ3) is 4.01. The number of anilines is 1. The highest BCUT2D eigenvalue weighted by Crippen LogP contribution is 2.11. The van der Waals surface area contributed by atoms with Gasteiger partial charge >= 0.3 is 0 Å². The molecule has 6 nitrogen and oxygen atoms in total. The maximum absolute atomic E-state index is 11.8. The van der Waals surface area contributed by atoms with E-state index >= 15 is 0 Å². The van der Waals surface area contributed by atoms with E-state index in [1.165, 1.54) is 6.20 Å². The van der Waals surface area contributed by atoms with E-state index in [0.717, 1.165) is 0 Å². The summed E-state index contributed by atoms with van der Waals surface area (Å²) in [6.07, 6.45) is 3.01. The van der Waals surface area contributed by atoms with Crippen molar-refractivity contribution in [1.29, 1.82) is 0 Å². The fourth-order valence-corrected chi connectivity index (χ4v) is 1.38. The fraction of sp³-hybridized carbons (Fsp3) is 0.455. The number of nitrogens with one attached hydrogen (secondary N) is 2. The van der Waals surface area contributed by atoms with Crippen molar-refractivity contribution in [2.24, 2.45) is 5.84 Å². The van der Waals surface area contributed by atoms with Crippen molar-refractivity contribution in [1.82, 2.24) is 10.3 Å². The minimum absolute atomic E-state index is 0.0186. The average Bonchev–Trinajstić information content (AvgIpc) is 2.36. The maximum atomic E-state index is 11.8. The lowest BCUT2D eigenvalue weighted by Crippen LogP contribution is -2.32. The molecule has 4 N–H and O–H groups in total. The van der Waals surface area contributed by atoms with Crippen molar-refractivity contribution < 1.29 is 9.53 Å². The number of hydrogen-bond donors (Lipinski definition) is 3. The largest absolute Gasteiger partial charge is 0.377 e. The van der Waals surface area contributed by atoms with Crippen LogP contribution >= 0.6 is 0 Å². The molecular weight excluding hydrogens is 220 g/mol. The number of nitrogen functional groups attached to an aromatic ring is 1. The number of rotatable bonds is 6. The quantitative estimate of drug-likeness (QED) is 0.496. The number of hydrazine groups is 1. The molecule has 1 atom stereocenters. The van der Waals surface area contributed by atoms with E-state index < -0.39 is 0 Å². The number of pyridine rings is 1. The summed E-state index contributed by atoms with van der Waals surface area (Å²) in [5, 5.41) is 2.76. The molecule has 0 spiro atoms. The highest BCUT2D eigenvalue weighted by Gasteiger charge is 2.11. The Bertz CT molecular complexity index is 370. The van der Waals surface area contributed by atoms with Gasteiger partial charge in [-0.25, -0.2) is 0 Å². The lowest BCUT2D eigenvalue weighted by molar-refractivity contribution is 0.0695. The van der Waals surface area contributed by atoms with Crippen LogP contribution in [-0.4, -0.2) is 30.1 Å². The van der Waals surface area contributed by atoms with Gasteiger partial charge in [0.15, 0.2) is 0 Å². The van der Waals surface area contributed by atoms with Crippen molar-refractivity contribution >= 4 is 11.6 Å². The number of nitrogens with zero attached hydrogens (tertiary/aromatic N) is 1. The molecule has 0 aliphatic heterocycles. The first-order chi connectivity index (χ1) is 8.19. The van der Waals surface area contributed by atoms with Crippen LogP contribution in [0.15, 0.2) is 18.5 Å². The van der Waals surface area contributed by atoms with Crippen LogP contribution in [0.3, 0.4) is 0 Å². The SMILES string of the molecule is CCOC(C)CNC(=O)c1cnccc1NN. The Balaban J connectivity index is 2.58. The molecule has 0 aromatic carbocycles. The average molecular weight is 238 g/mol. The monoisotopic (exact) mass is 238 g/mol. The second-order valence-corrected chi connectivity index (χ2v) is 3.54. The highest BCUT2D eigenvalue weighted by atomic mass is 16.5. The number of amides is 1. The zero-order valence-corrected chi connectivity index (χ0v) is 10.1. The molecule has 0 fully saturated rings. The van der Waals surface area contributed by atoms with Crippen molar-refractivity contribution in [3.8, 4) is 0 Å². The molecule has 6 heteroatoms. The number of carbonyl (C=O) groups is 1. The van der Waals surface area contributed by atoms with Crippen LogP contribution in [0.1, 0.15) is 24.2 Å². The molecule has 1 aromatic heterocycles. The van der Waals surface area contributed by atoms with Crippen LogP contribution in [0.4, 0.5) is 5.69 Å². The molecule has 0 aliphatic rings. The van der Waals surface area contributed by atoms with E-state index in [-0.39, 0.29) is 12.0 Å². The van der Waals surface area contributed by atoms with Crippen molar-refractivity contribution in [2.45, 2.75) is 20.0 Å².